The van der Waals surface area contributed by atoms with Gasteiger partial charge in [0, 0.05) is 6.92 Å². The van der Waals surface area contributed by atoms with Crippen LogP contribution in [-0.2, 0) is 9.53 Å². The van der Waals surface area contributed by atoms with Gasteiger partial charge in [0.1, 0.15) is 11.5 Å². The third kappa shape index (κ3) is 7.72. The van der Waals surface area contributed by atoms with Crippen LogP contribution < -0.4 is 4.74 Å². The first-order valence-electron chi connectivity index (χ1n) is 6.83. The van der Waals surface area contributed by atoms with Crippen LogP contribution in [0.2, 0.25) is 0 Å². The Balaban J connectivity index is 0.00000191. The van der Waals surface area contributed by atoms with E-state index in [0.29, 0.717) is 17.1 Å². The topological polar surface area (TPSA) is 52.6 Å². The summed E-state index contributed by atoms with van der Waals surface area (Å²) >= 11 is 0. The molecule has 0 aliphatic rings. The Kier molecular flexibility index (Phi) is 9.26. The number of carbonyl (C=O) groups excluding carboxylic acids is 2. The van der Waals surface area contributed by atoms with E-state index in [4.69, 9.17) is 9.47 Å². The van der Waals surface area contributed by atoms with Crippen molar-refractivity contribution in [3.63, 3.8) is 0 Å². The number of rotatable bonds is 4. The van der Waals surface area contributed by atoms with Gasteiger partial charge < -0.3 is 9.47 Å². The van der Waals surface area contributed by atoms with E-state index in [0.717, 1.165) is 0 Å². The maximum atomic E-state index is 11.8. The van der Waals surface area contributed by atoms with E-state index in [-0.39, 0.29) is 0 Å². The molecule has 0 saturated carbocycles. The normalized spacial score (nSPS) is 10.6. The van der Waals surface area contributed by atoms with Crippen LogP contribution in [0.1, 0.15) is 45.0 Å². The molecule has 1 aromatic carbocycles. The number of ether oxygens (including phenoxy) is 2. The van der Waals surface area contributed by atoms with Gasteiger partial charge in [0.15, 0.2) is 0 Å². The molecular formula is C17H22O4. The van der Waals surface area contributed by atoms with Gasteiger partial charge in [0.2, 0.25) is 0 Å². The van der Waals surface area contributed by atoms with Gasteiger partial charge in [-0.1, -0.05) is 26.0 Å². The highest BCUT2D eigenvalue weighted by Gasteiger charge is 2.08. The van der Waals surface area contributed by atoms with Crippen molar-refractivity contribution in [2.45, 2.75) is 34.6 Å². The van der Waals surface area contributed by atoms with Crippen molar-refractivity contribution in [1.82, 2.24) is 0 Å². The molecule has 21 heavy (non-hydrogen) atoms. The van der Waals surface area contributed by atoms with E-state index in [1.807, 2.05) is 26.8 Å². The molecule has 0 aliphatic carbocycles. The smallest absolute Gasteiger partial charge is 0.343 e. The zero-order valence-corrected chi connectivity index (χ0v) is 13.2. The van der Waals surface area contributed by atoms with Gasteiger partial charge in [-0.05, 0) is 44.2 Å². The quantitative estimate of drug-likeness (QED) is 0.359. The summed E-state index contributed by atoms with van der Waals surface area (Å²) in [4.78, 5) is 22.5. The van der Waals surface area contributed by atoms with Crippen LogP contribution in [0.5, 0.6) is 5.75 Å². The Morgan fingerprint density at radius 3 is 2.10 bits per heavy atom. The summed E-state index contributed by atoms with van der Waals surface area (Å²) in [6, 6.07) is 6.18. The van der Waals surface area contributed by atoms with Gasteiger partial charge >= 0.3 is 11.9 Å². The molecule has 0 fully saturated rings. The fraction of sp³-hybridized carbons (Fsp3) is 0.294. The minimum absolute atomic E-state index is 0.393. The first kappa shape index (κ1) is 18.6. The monoisotopic (exact) mass is 290 g/mol. The summed E-state index contributed by atoms with van der Waals surface area (Å²) in [5.41, 5.74) is 0.393. The molecule has 114 valence electrons. The molecule has 0 atom stereocenters. The molecular weight excluding hydrogens is 268 g/mol. The molecule has 4 nitrogen and oxygen atoms in total. The van der Waals surface area contributed by atoms with E-state index < -0.39 is 11.9 Å². The second kappa shape index (κ2) is 10.4. The van der Waals surface area contributed by atoms with E-state index in [1.54, 1.807) is 43.3 Å². The molecule has 0 saturated heterocycles. The van der Waals surface area contributed by atoms with Crippen LogP contribution in [0.3, 0.4) is 0 Å². The lowest BCUT2D eigenvalue weighted by Gasteiger charge is -2.05. The number of allylic oxidation sites excluding steroid dienone is 4. The molecule has 1 rings (SSSR count). The van der Waals surface area contributed by atoms with E-state index in [2.05, 4.69) is 0 Å². The highest BCUT2D eigenvalue weighted by Crippen LogP contribution is 2.14. The van der Waals surface area contributed by atoms with E-state index in [1.165, 1.54) is 6.92 Å². The van der Waals surface area contributed by atoms with Crippen molar-refractivity contribution in [2.75, 3.05) is 0 Å². The Labute approximate surface area is 126 Å². The van der Waals surface area contributed by atoms with Crippen molar-refractivity contribution < 1.29 is 19.1 Å². The van der Waals surface area contributed by atoms with Crippen LogP contribution >= 0.6 is 0 Å². The van der Waals surface area contributed by atoms with Crippen LogP contribution in [0.4, 0.5) is 0 Å². The Morgan fingerprint density at radius 2 is 1.62 bits per heavy atom. The minimum atomic E-state index is -0.451. The van der Waals surface area contributed by atoms with Gasteiger partial charge in [-0.25, -0.2) is 4.79 Å². The van der Waals surface area contributed by atoms with E-state index in [9.17, 15) is 9.59 Å². The number of hydrogen-bond donors (Lipinski definition) is 0. The predicted molar refractivity (Wildman–Crippen MR) is 83.1 cm³/mol. The Hall–Kier alpha value is -2.36. The van der Waals surface area contributed by atoms with Crippen molar-refractivity contribution in [3.8, 4) is 5.75 Å². The lowest BCUT2D eigenvalue weighted by molar-refractivity contribution is -0.131. The fourth-order valence-electron chi connectivity index (χ4n) is 1.30. The summed E-state index contributed by atoms with van der Waals surface area (Å²) in [7, 11) is 0. The first-order chi connectivity index (χ1) is 10.0. The van der Waals surface area contributed by atoms with Crippen LogP contribution in [-0.4, -0.2) is 11.9 Å². The summed E-state index contributed by atoms with van der Waals surface area (Å²) in [6.45, 7) is 8.89. The number of carbonyl (C=O) groups is 2. The van der Waals surface area contributed by atoms with Crippen molar-refractivity contribution in [3.05, 3.63) is 53.8 Å². The van der Waals surface area contributed by atoms with Gasteiger partial charge in [0.05, 0.1) is 5.56 Å². The number of esters is 2. The van der Waals surface area contributed by atoms with E-state index >= 15 is 0 Å². The molecule has 0 N–H and O–H groups in total. The SMILES string of the molecule is C/C=C\C=C(/C)OC(=O)c1ccc(OC(C)=O)cc1.CC. The average molecular weight is 290 g/mol. The summed E-state index contributed by atoms with van der Waals surface area (Å²) in [5, 5.41) is 0. The van der Waals surface area contributed by atoms with Crippen molar-refractivity contribution >= 4 is 11.9 Å². The maximum absolute atomic E-state index is 11.8. The third-order valence-electron chi connectivity index (χ3n) is 2.13. The first-order valence-corrected chi connectivity index (χ1v) is 6.83. The molecule has 0 bridgehead atoms. The van der Waals surface area contributed by atoms with Gasteiger partial charge in [-0.3, -0.25) is 4.79 Å². The Morgan fingerprint density at radius 1 is 1.05 bits per heavy atom. The highest BCUT2D eigenvalue weighted by molar-refractivity contribution is 5.90. The second-order valence-electron chi connectivity index (χ2n) is 3.81. The second-order valence-corrected chi connectivity index (χ2v) is 3.81. The van der Waals surface area contributed by atoms with Gasteiger partial charge in [-0.2, -0.15) is 0 Å². The third-order valence-corrected chi connectivity index (χ3v) is 2.13. The fourth-order valence-corrected chi connectivity index (χ4v) is 1.30. The number of benzene rings is 1. The molecule has 0 aliphatic heterocycles. The molecule has 0 spiro atoms. The average Bonchev–Trinajstić information content (AvgIpc) is 2.47. The molecule has 0 heterocycles. The van der Waals surface area contributed by atoms with Crippen molar-refractivity contribution in [1.29, 1.82) is 0 Å². The largest absolute Gasteiger partial charge is 0.428 e. The van der Waals surface area contributed by atoms with Crippen LogP contribution in [0, 0.1) is 0 Å². The molecule has 0 radical (unpaired) electrons. The minimum Gasteiger partial charge on any atom is -0.428 e. The lowest BCUT2D eigenvalue weighted by Crippen LogP contribution is -2.05. The zero-order chi connectivity index (χ0) is 16.3. The predicted octanol–water partition coefficient (Wildman–Crippen LogP) is 4.27. The molecule has 4 heteroatoms. The van der Waals surface area contributed by atoms with Gasteiger partial charge in [-0.15, -0.1) is 0 Å². The van der Waals surface area contributed by atoms with Crippen LogP contribution in [0.25, 0.3) is 0 Å². The van der Waals surface area contributed by atoms with Crippen LogP contribution in [0.15, 0.2) is 48.3 Å². The maximum Gasteiger partial charge on any atom is 0.343 e. The molecule has 0 amide bonds. The summed E-state index contributed by atoms with van der Waals surface area (Å²) in [5.74, 6) is 0.0467. The zero-order valence-electron chi connectivity index (χ0n) is 13.2. The summed E-state index contributed by atoms with van der Waals surface area (Å²) in [6.07, 6.45) is 5.32. The summed E-state index contributed by atoms with van der Waals surface area (Å²) < 4.78 is 9.99. The molecule has 1 aromatic rings. The molecule has 0 unspecified atom stereocenters. The molecule has 0 aromatic heterocycles. The number of hydrogen-bond acceptors (Lipinski definition) is 4. The van der Waals surface area contributed by atoms with Crippen molar-refractivity contribution in [2.24, 2.45) is 0 Å². The Bertz CT molecular complexity index is 510. The lowest BCUT2D eigenvalue weighted by atomic mass is 10.2. The standard InChI is InChI=1S/C15H16O4.C2H6/c1-4-5-6-11(2)18-15(17)13-7-9-14(10-8-13)19-12(3)16;1-2/h4-10H,1-3H3;1-2H3/b5-4-,11-6+;. The van der Waals surface area contributed by atoms with Gasteiger partial charge in [0.25, 0.3) is 0 Å². The highest BCUT2D eigenvalue weighted by atomic mass is 16.5.